The third kappa shape index (κ3) is 3.93. The van der Waals surface area contributed by atoms with Crippen molar-refractivity contribution in [2.24, 2.45) is 0 Å². The molecular formula is C14H14Br2N2S2. The quantitative estimate of drug-likeness (QED) is 0.467. The van der Waals surface area contributed by atoms with Crippen LogP contribution in [0, 0.1) is 4.64 Å². The number of rotatable bonds is 4. The molecule has 2 aromatic rings. The van der Waals surface area contributed by atoms with Crippen LogP contribution < -0.4 is 0 Å². The predicted octanol–water partition coefficient (Wildman–Crippen LogP) is 6.08. The molecule has 0 amide bonds. The van der Waals surface area contributed by atoms with Crippen LogP contribution in [0.5, 0.6) is 0 Å². The van der Waals surface area contributed by atoms with Crippen molar-refractivity contribution in [2.45, 2.75) is 30.4 Å². The number of aromatic amines is 1. The number of benzene rings is 1. The van der Waals surface area contributed by atoms with Gasteiger partial charge in [-0.3, -0.25) is 0 Å². The van der Waals surface area contributed by atoms with E-state index in [-0.39, 0.29) is 0 Å². The van der Waals surface area contributed by atoms with E-state index in [2.05, 4.69) is 61.7 Å². The minimum atomic E-state index is 0.376. The molecule has 1 heterocycles. The van der Waals surface area contributed by atoms with Gasteiger partial charge in [0.2, 0.25) is 0 Å². The molecule has 1 N–H and O–H groups in total. The maximum absolute atomic E-state index is 5.31. The monoisotopic (exact) mass is 432 g/mol. The summed E-state index contributed by atoms with van der Waals surface area (Å²) < 4.78 is 2.62. The molecule has 0 aliphatic carbocycles. The van der Waals surface area contributed by atoms with Crippen LogP contribution in [0.4, 0.5) is 0 Å². The highest BCUT2D eigenvalue weighted by atomic mass is 79.9. The summed E-state index contributed by atoms with van der Waals surface area (Å²) in [5, 5.41) is 0. The van der Waals surface area contributed by atoms with E-state index in [0.717, 1.165) is 26.2 Å². The van der Waals surface area contributed by atoms with Crippen molar-refractivity contribution < 1.29 is 0 Å². The van der Waals surface area contributed by atoms with Crippen LogP contribution in [0.1, 0.15) is 31.3 Å². The largest absolute Gasteiger partial charge is 0.345 e. The number of hydrogen-bond acceptors (Lipinski definition) is 3. The van der Waals surface area contributed by atoms with Crippen LogP contribution in [0.2, 0.25) is 0 Å². The third-order valence-electron chi connectivity index (χ3n) is 2.72. The van der Waals surface area contributed by atoms with Crippen LogP contribution in [0.3, 0.4) is 0 Å². The maximum Gasteiger partial charge on any atom is 0.144 e. The lowest BCUT2D eigenvalue weighted by Gasteiger charge is -2.11. The normalized spacial score (nSPS) is 11.1. The molecule has 1 aromatic heterocycles. The van der Waals surface area contributed by atoms with Gasteiger partial charge >= 0.3 is 0 Å². The Labute approximate surface area is 145 Å². The molecule has 0 bridgehead atoms. The number of nitrogens with zero attached hydrogens (tertiary/aromatic N) is 1. The second kappa shape index (κ2) is 7.20. The van der Waals surface area contributed by atoms with Gasteiger partial charge in [-0.25, -0.2) is 4.98 Å². The van der Waals surface area contributed by atoms with Crippen molar-refractivity contribution in [3.05, 3.63) is 49.4 Å². The Morgan fingerprint density at radius 3 is 2.65 bits per heavy atom. The van der Waals surface area contributed by atoms with E-state index < -0.39 is 0 Å². The molecule has 0 saturated carbocycles. The van der Waals surface area contributed by atoms with Gasteiger partial charge in [-0.1, -0.05) is 38.2 Å². The summed E-state index contributed by atoms with van der Waals surface area (Å²) in [7, 11) is 0. The molecule has 0 fully saturated rings. The van der Waals surface area contributed by atoms with Crippen molar-refractivity contribution in [2.75, 3.05) is 0 Å². The molecule has 0 radical (unpaired) electrons. The molecule has 0 atom stereocenters. The first-order chi connectivity index (χ1) is 9.49. The lowest BCUT2D eigenvalue weighted by molar-refractivity contribution is 0.788. The Hall–Kier alpha value is -0.170. The molecule has 2 nitrogen and oxygen atoms in total. The first kappa shape index (κ1) is 16.2. The minimum absolute atomic E-state index is 0.376. The maximum atomic E-state index is 5.31. The fourth-order valence-corrected chi connectivity index (χ4v) is 4.00. The van der Waals surface area contributed by atoms with Gasteiger partial charge in [-0.2, -0.15) is 0 Å². The van der Waals surface area contributed by atoms with Crippen molar-refractivity contribution in [1.82, 2.24) is 9.97 Å². The van der Waals surface area contributed by atoms with E-state index in [9.17, 15) is 0 Å². The highest BCUT2D eigenvalue weighted by Crippen LogP contribution is 2.30. The highest BCUT2D eigenvalue weighted by molar-refractivity contribution is 9.10. The van der Waals surface area contributed by atoms with E-state index in [1.165, 1.54) is 4.90 Å². The Morgan fingerprint density at radius 1 is 1.30 bits per heavy atom. The van der Waals surface area contributed by atoms with E-state index in [4.69, 9.17) is 12.2 Å². The molecule has 0 unspecified atom stereocenters. The topological polar surface area (TPSA) is 28.7 Å². The number of aromatic nitrogens is 2. The van der Waals surface area contributed by atoms with E-state index in [0.29, 0.717) is 10.6 Å². The molecule has 0 aliphatic rings. The first-order valence-corrected chi connectivity index (χ1v) is 9.13. The third-order valence-corrected chi connectivity index (χ3v) is 6.12. The van der Waals surface area contributed by atoms with Gasteiger partial charge in [0.05, 0.1) is 10.2 Å². The lowest BCUT2D eigenvalue weighted by atomic mass is 10.1. The predicted molar refractivity (Wildman–Crippen MR) is 94.9 cm³/mol. The van der Waals surface area contributed by atoms with Gasteiger partial charge in [0, 0.05) is 15.1 Å². The lowest BCUT2D eigenvalue weighted by Crippen LogP contribution is -2.02. The fourth-order valence-electron chi connectivity index (χ4n) is 1.70. The van der Waals surface area contributed by atoms with Gasteiger partial charge in [-0.05, 0) is 49.9 Å². The number of H-pyrrole nitrogens is 1. The average molecular weight is 434 g/mol. The number of hydrogen-bond donors (Lipinski definition) is 1. The summed E-state index contributed by atoms with van der Waals surface area (Å²) >= 11 is 14.1. The molecule has 0 saturated heterocycles. The van der Waals surface area contributed by atoms with Crippen LogP contribution in [0.25, 0.3) is 0 Å². The van der Waals surface area contributed by atoms with Crippen molar-refractivity contribution in [1.29, 1.82) is 0 Å². The van der Waals surface area contributed by atoms with Gasteiger partial charge in [0.1, 0.15) is 10.5 Å². The summed E-state index contributed by atoms with van der Waals surface area (Å²) in [4.78, 5) is 9.02. The molecule has 6 heteroatoms. The highest BCUT2D eigenvalue weighted by Gasteiger charge is 2.10. The molecule has 0 aliphatic heterocycles. The average Bonchev–Trinajstić information content (AvgIpc) is 2.41. The zero-order valence-corrected chi connectivity index (χ0v) is 15.9. The van der Waals surface area contributed by atoms with E-state index in [1.54, 1.807) is 11.8 Å². The molecule has 1 aromatic carbocycles. The number of thioether (sulfide) groups is 1. The standard InChI is InChI=1S/C14H14Br2N2S2/c1-8(2)13-12(16)14(19)18-11(17-13)7-20-10-6-4-3-5-9(10)15/h3-6,8H,7H2,1-2H3,(H,17,18,19). The van der Waals surface area contributed by atoms with Gasteiger partial charge in [0.25, 0.3) is 0 Å². The van der Waals surface area contributed by atoms with Crippen LogP contribution in [0.15, 0.2) is 38.1 Å². The van der Waals surface area contributed by atoms with Crippen LogP contribution >= 0.6 is 55.8 Å². The van der Waals surface area contributed by atoms with Gasteiger partial charge < -0.3 is 4.98 Å². The summed E-state index contributed by atoms with van der Waals surface area (Å²) in [6, 6.07) is 8.17. The number of nitrogens with one attached hydrogen (secondary N) is 1. The van der Waals surface area contributed by atoms with Crippen molar-refractivity contribution >= 4 is 55.8 Å². The number of halogens is 2. The summed E-state index contributed by atoms with van der Waals surface area (Å²) in [6.07, 6.45) is 0. The summed E-state index contributed by atoms with van der Waals surface area (Å²) in [6.45, 7) is 4.27. The van der Waals surface area contributed by atoms with E-state index >= 15 is 0 Å². The summed E-state index contributed by atoms with van der Waals surface area (Å²) in [5.74, 6) is 2.04. The van der Waals surface area contributed by atoms with Crippen LogP contribution in [-0.4, -0.2) is 9.97 Å². The van der Waals surface area contributed by atoms with Gasteiger partial charge in [-0.15, -0.1) is 11.8 Å². The first-order valence-electron chi connectivity index (χ1n) is 6.15. The van der Waals surface area contributed by atoms with Crippen LogP contribution in [-0.2, 0) is 5.75 Å². The minimum Gasteiger partial charge on any atom is -0.345 e. The Morgan fingerprint density at radius 2 is 2.00 bits per heavy atom. The SMILES string of the molecule is CC(C)c1[nH]c(CSc2ccccc2Br)nc(=S)c1Br. The van der Waals surface area contributed by atoms with E-state index in [1.807, 2.05) is 18.2 Å². The molecule has 2 rings (SSSR count). The van der Waals surface area contributed by atoms with Crippen molar-refractivity contribution in [3.63, 3.8) is 0 Å². The molecule has 106 valence electrons. The molecule has 20 heavy (non-hydrogen) atoms. The molecule has 0 spiro atoms. The second-order valence-corrected chi connectivity index (χ2v) is 7.64. The Kier molecular flexibility index (Phi) is 5.84. The molecular weight excluding hydrogens is 420 g/mol. The van der Waals surface area contributed by atoms with Crippen molar-refractivity contribution in [3.8, 4) is 0 Å². The summed E-state index contributed by atoms with van der Waals surface area (Å²) in [5.41, 5.74) is 1.10. The zero-order chi connectivity index (χ0) is 14.7. The smallest absolute Gasteiger partial charge is 0.144 e. The zero-order valence-electron chi connectivity index (χ0n) is 11.1. The van der Waals surface area contributed by atoms with Gasteiger partial charge in [0.15, 0.2) is 0 Å². The fraction of sp³-hybridized carbons (Fsp3) is 0.286. The second-order valence-electron chi connectivity index (χ2n) is 4.59. The Bertz CT molecular complexity index is 668. The Balaban J connectivity index is 2.23.